The monoisotopic (exact) mass is 367 g/mol. The van der Waals surface area contributed by atoms with E-state index in [0.29, 0.717) is 0 Å². The van der Waals surface area contributed by atoms with Gasteiger partial charge in [-0.1, -0.05) is 31.2 Å². The Hall–Kier alpha value is -2.02. The van der Waals surface area contributed by atoms with Gasteiger partial charge in [0.05, 0.1) is 10.2 Å². The number of benzene rings is 1. The molecule has 26 heavy (non-hydrogen) atoms. The van der Waals surface area contributed by atoms with Crippen LogP contribution in [-0.2, 0) is 13.1 Å². The third kappa shape index (κ3) is 4.03. The van der Waals surface area contributed by atoms with Crippen LogP contribution in [0.2, 0.25) is 0 Å². The molecule has 0 spiro atoms. The maximum Gasteiger partial charge on any atom is 0.147 e. The number of piperazine rings is 1. The minimum absolute atomic E-state index is 0.777. The number of thiophene rings is 1. The lowest BCUT2D eigenvalue weighted by molar-refractivity contribution is 0.132. The van der Waals surface area contributed by atoms with E-state index in [1.165, 1.54) is 43.9 Å². The minimum Gasteiger partial charge on any atom is -0.365 e. The molecule has 1 N–H and O–H groups in total. The number of fused-ring (bicyclic) bond motifs is 1. The van der Waals surface area contributed by atoms with Gasteiger partial charge in [-0.2, -0.15) is 0 Å². The van der Waals surface area contributed by atoms with E-state index in [4.69, 9.17) is 0 Å². The van der Waals surface area contributed by atoms with Crippen LogP contribution < -0.4 is 5.32 Å². The van der Waals surface area contributed by atoms with Crippen LogP contribution in [0.1, 0.15) is 18.1 Å². The van der Waals surface area contributed by atoms with Gasteiger partial charge in [-0.25, -0.2) is 9.97 Å². The van der Waals surface area contributed by atoms with Gasteiger partial charge in [0.15, 0.2) is 0 Å². The number of nitrogens with one attached hydrogen (secondary N) is 1. The summed E-state index contributed by atoms with van der Waals surface area (Å²) in [6.07, 6.45) is 1.62. The average Bonchev–Trinajstić information content (AvgIpc) is 3.17. The summed E-state index contributed by atoms with van der Waals surface area (Å²) in [5.74, 6) is 0.919. The number of anilines is 1. The van der Waals surface area contributed by atoms with Gasteiger partial charge in [0.1, 0.15) is 12.1 Å². The van der Waals surface area contributed by atoms with Crippen molar-refractivity contribution in [3.05, 3.63) is 53.2 Å². The highest BCUT2D eigenvalue weighted by atomic mass is 32.1. The molecule has 0 aliphatic carbocycles. The molecule has 0 bridgehead atoms. The summed E-state index contributed by atoms with van der Waals surface area (Å²) in [5, 5.41) is 5.50. The molecule has 5 nitrogen and oxygen atoms in total. The van der Waals surface area contributed by atoms with Crippen LogP contribution in [0.25, 0.3) is 10.2 Å². The average molecular weight is 368 g/mol. The normalized spacial score (nSPS) is 16.2. The maximum atomic E-state index is 4.38. The van der Waals surface area contributed by atoms with Crippen molar-refractivity contribution in [2.24, 2.45) is 0 Å². The van der Waals surface area contributed by atoms with Crippen LogP contribution in [0.15, 0.2) is 42.0 Å². The van der Waals surface area contributed by atoms with Gasteiger partial charge in [-0.3, -0.25) is 4.90 Å². The lowest BCUT2D eigenvalue weighted by Crippen LogP contribution is -2.45. The Labute approximate surface area is 158 Å². The Balaban J connectivity index is 1.32. The topological polar surface area (TPSA) is 44.3 Å². The van der Waals surface area contributed by atoms with E-state index < -0.39 is 0 Å². The van der Waals surface area contributed by atoms with Crippen LogP contribution in [0.5, 0.6) is 0 Å². The fourth-order valence-electron chi connectivity index (χ4n) is 3.38. The molecular weight excluding hydrogens is 342 g/mol. The van der Waals surface area contributed by atoms with Gasteiger partial charge < -0.3 is 10.2 Å². The molecule has 2 aromatic heterocycles. The van der Waals surface area contributed by atoms with Crippen molar-refractivity contribution in [2.45, 2.75) is 20.0 Å². The number of hydrogen-bond donors (Lipinski definition) is 1. The lowest BCUT2D eigenvalue weighted by atomic mass is 10.1. The molecule has 3 aromatic rings. The molecule has 0 unspecified atom stereocenters. The molecule has 0 atom stereocenters. The second-order valence-electron chi connectivity index (χ2n) is 6.74. The standard InChI is InChI=1S/C20H25N5S/c1-2-24-8-10-25(11-9-24)14-17-5-3-16(4-6-17)13-21-20-19-18(7-12-26-19)22-15-23-20/h3-7,12,15H,2,8-11,13-14H2,1H3,(H,21,22,23). The van der Waals surface area contributed by atoms with Crippen LogP contribution in [-0.4, -0.2) is 52.5 Å². The second kappa shape index (κ2) is 8.12. The first-order valence-electron chi connectivity index (χ1n) is 9.26. The zero-order chi connectivity index (χ0) is 17.8. The molecular formula is C20H25N5S. The Bertz CT molecular complexity index is 837. The lowest BCUT2D eigenvalue weighted by Gasteiger charge is -2.34. The fraction of sp³-hybridized carbons (Fsp3) is 0.400. The highest BCUT2D eigenvalue weighted by molar-refractivity contribution is 7.17. The van der Waals surface area contributed by atoms with Crippen molar-refractivity contribution < 1.29 is 0 Å². The molecule has 0 amide bonds. The summed E-state index contributed by atoms with van der Waals surface area (Å²) < 4.78 is 1.12. The van der Waals surface area contributed by atoms with E-state index in [1.807, 2.05) is 6.07 Å². The van der Waals surface area contributed by atoms with Crippen LogP contribution in [0, 0.1) is 0 Å². The molecule has 136 valence electrons. The third-order valence-corrected chi connectivity index (χ3v) is 5.95. The van der Waals surface area contributed by atoms with Gasteiger partial charge in [-0.15, -0.1) is 11.3 Å². The molecule has 1 aliphatic rings. The quantitative estimate of drug-likeness (QED) is 0.723. The van der Waals surface area contributed by atoms with Gasteiger partial charge >= 0.3 is 0 Å². The maximum absolute atomic E-state index is 4.38. The number of aromatic nitrogens is 2. The molecule has 3 heterocycles. The predicted molar refractivity (Wildman–Crippen MR) is 109 cm³/mol. The van der Waals surface area contributed by atoms with Crippen molar-refractivity contribution in [3.8, 4) is 0 Å². The van der Waals surface area contributed by atoms with E-state index in [0.717, 1.165) is 29.1 Å². The van der Waals surface area contributed by atoms with Crippen LogP contribution in [0.3, 0.4) is 0 Å². The van der Waals surface area contributed by atoms with E-state index in [1.54, 1.807) is 17.7 Å². The van der Waals surface area contributed by atoms with Crippen molar-refractivity contribution in [1.82, 2.24) is 19.8 Å². The van der Waals surface area contributed by atoms with E-state index in [9.17, 15) is 0 Å². The van der Waals surface area contributed by atoms with Gasteiger partial charge in [0.25, 0.3) is 0 Å². The van der Waals surface area contributed by atoms with Crippen molar-refractivity contribution in [1.29, 1.82) is 0 Å². The predicted octanol–water partition coefficient (Wildman–Crippen LogP) is 3.44. The van der Waals surface area contributed by atoms with E-state index >= 15 is 0 Å². The molecule has 0 saturated carbocycles. The van der Waals surface area contributed by atoms with Gasteiger partial charge in [-0.05, 0) is 29.1 Å². The van der Waals surface area contributed by atoms with Crippen molar-refractivity contribution in [3.63, 3.8) is 0 Å². The summed E-state index contributed by atoms with van der Waals surface area (Å²) in [7, 11) is 0. The van der Waals surface area contributed by atoms with E-state index in [-0.39, 0.29) is 0 Å². The number of likely N-dealkylation sites (N-methyl/N-ethyl adjacent to an activating group) is 1. The minimum atomic E-state index is 0.777. The number of hydrogen-bond acceptors (Lipinski definition) is 6. The zero-order valence-corrected chi connectivity index (χ0v) is 16.0. The summed E-state index contributed by atoms with van der Waals surface area (Å²) in [6, 6.07) is 11.0. The Morgan fingerprint density at radius 3 is 2.46 bits per heavy atom. The highest BCUT2D eigenvalue weighted by Gasteiger charge is 2.15. The Kier molecular flexibility index (Phi) is 5.43. The van der Waals surface area contributed by atoms with Crippen molar-refractivity contribution in [2.75, 3.05) is 38.0 Å². The molecule has 0 radical (unpaired) electrons. The Morgan fingerprint density at radius 2 is 1.69 bits per heavy atom. The third-order valence-electron chi connectivity index (χ3n) is 5.04. The molecule has 1 aromatic carbocycles. The van der Waals surface area contributed by atoms with Gasteiger partial charge in [0, 0.05) is 39.3 Å². The summed E-state index contributed by atoms with van der Waals surface area (Å²) in [4.78, 5) is 13.7. The largest absolute Gasteiger partial charge is 0.365 e. The molecule has 1 aliphatic heterocycles. The van der Waals surface area contributed by atoms with E-state index in [2.05, 4.69) is 61.7 Å². The smallest absolute Gasteiger partial charge is 0.147 e. The summed E-state index contributed by atoms with van der Waals surface area (Å²) >= 11 is 1.68. The molecule has 1 fully saturated rings. The second-order valence-corrected chi connectivity index (χ2v) is 7.65. The molecule has 4 rings (SSSR count). The molecule has 1 saturated heterocycles. The van der Waals surface area contributed by atoms with Crippen LogP contribution >= 0.6 is 11.3 Å². The summed E-state index contributed by atoms with van der Waals surface area (Å²) in [5.41, 5.74) is 3.67. The number of rotatable bonds is 6. The highest BCUT2D eigenvalue weighted by Crippen LogP contribution is 2.25. The zero-order valence-electron chi connectivity index (χ0n) is 15.2. The SMILES string of the molecule is CCN1CCN(Cc2ccc(CNc3ncnc4ccsc34)cc2)CC1. The Morgan fingerprint density at radius 1 is 0.962 bits per heavy atom. The molecule has 6 heteroatoms. The summed E-state index contributed by atoms with van der Waals surface area (Å²) in [6.45, 7) is 9.95. The van der Waals surface area contributed by atoms with Crippen molar-refractivity contribution >= 4 is 27.4 Å². The van der Waals surface area contributed by atoms with Crippen LogP contribution in [0.4, 0.5) is 5.82 Å². The fourth-order valence-corrected chi connectivity index (χ4v) is 4.20. The van der Waals surface area contributed by atoms with Gasteiger partial charge in [0.2, 0.25) is 0 Å². The first kappa shape index (κ1) is 17.4. The first-order valence-corrected chi connectivity index (χ1v) is 10.1. The first-order chi connectivity index (χ1) is 12.8. The number of nitrogens with zero attached hydrogens (tertiary/aromatic N) is 4.